The third-order valence-electron chi connectivity index (χ3n) is 9.58. The fraction of sp³-hybridized carbons (Fsp3) is 0.375. The summed E-state index contributed by atoms with van der Waals surface area (Å²) in [5.41, 5.74) is 7.64. The molecule has 0 amide bonds. The lowest BCUT2D eigenvalue weighted by Gasteiger charge is -2.29. The molecule has 1 saturated carbocycles. The minimum atomic E-state index is -1.25. The van der Waals surface area contributed by atoms with E-state index in [1.54, 1.807) is 23.9 Å². The molecule has 0 unspecified atom stereocenters. The first kappa shape index (κ1) is 26.9. The van der Waals surface area contributed by atoms with Gasteiger partial charge in [-0.1, -0.05) is 11.6 Å². The first-order valence-electron chi connectivity index (χ1n) is 14.3. The number of aromatic nitrogens is 3. The molecule has 1 aliphatic heterocycles. The second kappa shape index (κ2) is 9.81. The SMILES string of the molecule is CNc1cc(Cl)cc2c1Cc1ncc(-c3cnc4c(c3)c(=O)c(C(=O)O)cn4C)c(N3C[C@@H]4CC[C@H](N(C)C)[C@@H]4C3)c1-2. The highest BCUT2D eigenvalue weighted by Gasteiger charge is 2.45. The van der Waals surface area contributed by atoms with Crippen LogP contribution in [-0.2, 0) is 13.5 Å². The number of nitrogens with zero attached hydrogens (tertiary/aromatic N) is 5. The van der Waals surface area contributed by atoms with Gasteiger partial charge in [-0.25, -0.2) is 9.78 Å². The number of aromatic carboxylic acids is 1. The highest BCUT2D eigenvalue weighted by atomic mass is 35.5. The topological polar surface area (TPSA) is 104 Å². The Bertz CT molecular complexity index is 1850. The number of hydrogen-bond acceptors (Lipinski definition) is 7. The second-order valence-corrected chi connectivity index (χ2v) is 12.5. The number of fused-ring (bicyclic) bond motifs is 5. The van der Waals surface area contributed by atoms with Gasteiger partial charge in [0.15, 0.2) is 0 Å². The number of nitrogens with one attached hydrogen (secondary N) is 1. The molecular formula is C32H33ClN6O3. The molecule has 4 heterocycles. The summed E-state index contributed by atoms with van der Waals surface area (Å²) in [5.74, 6) is -0.0945. The van der Waals surface area contributed by atoms with E-state index in [-0.39, 0.29) is 10.9 Å². The van der Waals surface area contributed by atoms with Crippen molar-refractivity contribution in [2.45, 2.75) is 25.3 Å². The van der Waals surface area contributed by atoms with Crippen molar-refractivity contribution in [2.24, 2.45) is 18.9 Å². The van der Waals surface area contributed by atoms with E-state index in [0.717, 1.165) is 52.4 Å². The van der Waals surface area contributed by atoms with E-state index in [4.69, 9.17) is 16.6 Å². The van der Waals surface area contributed by atoms with E-state index in [0.29, 0.717) is 35.0 Å². The Morgan fingerprint density at radius 2 is 1.93 bits per heavy atom. The van der Waals surface area contributed by atoms with Crippen LogP contribution in [0.4, 0.5) is 11.4 Å². The van der Waals surface area contributed by atoms with Crippen LogP contribution in [0.3, 0.4) is 0 Å². The summed E-state index contributed by atoms with van der Waals surface area (Å²) in [4.78, 5) is 39.5. The van der Waals surface area contributed by atoms with Crippen LogP contribution in [0.2, 0.25) is 5.02 Å². The van der Waals surface area contributed by atoms with Crippen molar-refractivity contribution >= 4 is 40.0 Å². The molecule has 0 bridgehead atoms. The summed E-state index contributed by atoms with van der Waals surface area (Å²) in [6, 6.07) is 6.30. The first-order valence-corrected chi connectivity index (χ1v) is 14.7. The fourth-order valence-electron chi connectivity index (χ4n) is 7.66. The maximum atomic E-state index is 13.3. The van der Waals surface area contributed by atoms with Crippen LogP contribution in [0.5, 0.6) is 0 Å². The molecule has 216 valence electrons. The number of rotatable bonds is 5. The molecule has 9 nitrogen and oxygen atoms in total. The summed E-state index contributed by atoms with van der Waals surface area (Å²) >= 11 is 6.64. The van der Waals surface area contributed by atoms with Crippen LogP contribution in [-0.4, -0.2) is 70.8 Å². The predicted octanol–water partition coefficient (Wildman–Crippen LogP) is 4.74. The molecule has 2 N–H and O–H groups in total. The van der Waals surface area contributed by atoms with Crippen molar-refractivity contribution in [2.75, 3.05) is 44.4 Å². The normalized spacial score (nSPS) is 20.7. The molecule has 3 aliphatic rings. The maximum Gasteiger partial charge on any atom is 0.341 e. The van der Waals surface area contributed by atoms with Gasteiger partial charge >= 0.3 is 5.97 Å². The van der Waals surface area contributed by atoms with E-state index in [9.17, 15) is 14.7 Å². The van der Waals surface area contributed by atoms with Gasteiger partial charge in [-0.3, -0.25) is 9.78 Å². The summed E-state index contributed by atoms with van der Waals surface area (Å²) < 4.78 is 1.59. The molecule has 3 atom stereocenters. The number of carbonyl (C=O) groups is 1. The Morgan fingerprint density at radius 1 is 1.12 bits per heavy atom. The Balaban J connectivity index is 1.46. The van der Waals surface area contributed by atoms with Gasteiger partial charge in [-0.05, 0) is 68.1 Å². The number of halogens is 1. The molecule has 3 aromatic heterocycles. The highest BCUT2D eigenvalue weighted by Crippen LogP contribution is 2.52. The van der Waals surface area contributed by atoms with Gasteiger partial charge in [-0.2, -0.15) is 0 Å². The number of hydrogen-bond donors (Lipinski definition) is 2. The van der Waals surface area contributed by atoms with E-state index >= 15 is 0 Å². The summed E-state index contributed by atoms with van der Waals surface area (Å²) in [6.07, 6.45) is 8.10. The largest absolute Gasteiger partial charge is 0.477 e. The van der Waals surface area contributed by atoms with Crippen LogP contribution in [0, 0.1) is 11.8 Å². The molecule has 1 saturated heterocycles. The second-order valence-electron chi connectivity index (χ2n) is 12.1. The van der Waals surface area contributed by atoms with Crippen LogP contribution in [0.25, 0.3) is 33.3 Å². The van der Waals surface area contributed by atoms with Gasteiger partial charge in [0.2, 0.25) is 5.43 Å². The van der Waals surface area contributed by atoms with Crippen molar-refractivity contribution in [1.82, 2.24) is 19.4 Å². The summed E-state index contributed by atoms with van der Waals surface area (Å²) in [7, 11) is 7.96. The van der Waals surface area contributed by atoms with Gasteiger partial charge in [0.1, 0.15) is 11.2 Å². The molecule has 7 rings (SSSR count). The Labute approximate surface area is 248 Å². The van der Waals surface area contributed by atoms with Gasteiger partial charge in [0.25, 0.3) is 0 Å². The zero-order valence-corrected chi connectivity index (χ0v) is 24.9. The zero-order valence-electron chi connectivity index (χ0n) is 24.1. The zero-order chi connectivity index (χ0) is 29.4. The lowest BCUT2D eigenvalue weighted by Crippen LogP contribution is -2.35. The predicted molar refractivity (Wildman–Crippen MR) is 166 cm³/mol. The average molecular weight is 585 g/mol. The standard InChI is InChI=1S/C32H33ClN6O3/c1-34-25-9-18(33)8-20-19(25)10-26-28(20)29(39-13-16-5-6-27(37(2)3)23(16)15-39)22(12-35-26)17-7-21-30(40)24(32(41)42)14-38(4)31(21)36-11-17/h7-9,11-12,14,16,23,27,34H,5-6,10,13,15H2,1-4H3,(H,41,42)/t16-,23+,27-/m0/s1. The number of aryl methyl sites for hydroxylation is 1. The average Bonchev–Trinajstić information content (AvgIpc) is 3.66. The first-order chi connectivity index (χ1) is 20.2. The quantitative estimate of drug-likeness (QED) is 0.305. The van der Waals surface area contributed by atoms with E-state index in [1.807, 2.05) is 25.4 Å². The smallest absolute Gasteiger partial charge is 0.341 e. The number of carboxylic acid groups (broad SMARTS) is 1. The molecule has 42 heavy (non-hydrogen) atoms. The third kappa shape index (κ3) is 4.01. The van der Waals surface area contributed by atoms with Crippen LogP contribution in [0.15, 0.2) is 41.6 Å². The van der Waals surface area contributed by atoms with Crippen molar-refractivity contribution in [3.8, 4) is 22.3 Å². The molecule has 4 aromatic rings. The molecule has 0 radical (unpaired) electrons. The summed E-state index contributed by atoms with van der Waals surface area (Å²) in [5, 5.41) is 13.9. The number of carboxylic acids is 1. The minimum absolute atomic E-state index is 0.272. The van der Waals surface area contributed by atoms with Crippen molar-refractivity contribution in [1.29, 1.82) is 0 Å². The van der Waals surface area contributed by atoms with Gasteiger partial charge < -0.3 is 24.8 Å². The Hall–Kier alpha value is -3.95. The van der Waals surface area contributed by atoms with Crippen LogP contribution in [0.1, 0.15) is 34.5 Å². The number of anilines is 2. The lowest BCUT2D eigenvalue weighted by molar-refractivity contribution is 0.0695. The Kier molecular flexibility index (Phi) is 6.29. The van der Waals surface area contributed by atoms with Crippen LogP contribution >= 0.6 is 11.6 Å². The minimum Gasteiger partial charge on any atom is -0.477 e. The van der Waals surface area contributed by atoms with Crippen molar-refractivity contribution < 1.29 is 9.90 Å². The monoisotopic (exact) mass is 584 g/mol. The summed E-state index contributed by atoms with van der Waals surface area (Å²) in [6.45, 7) is 1.87. The molecule has 2 fully saturated rings. The third-order valence-corrected chi connectivity index (χ3v) is 9.80. The molecular weight excluding hydrogens is 552 g/mol. The van der Waals surface area contributed by atoms with Gasteiger partial charge in [-0.15, -0.1) is 0 Å². The Morgan fingerprint density at radius 3 is 2.67 bits per heavy atom. The molecule has 2 aliphatic carbocycles. The maximum absolute atomic E-state index is 13.3. The molecule has 10 heteroatoms. The number of pyridine rings is 3. The molecule has 0 spiro atoms. The lowest BCUT2D eigenvalue weighted by atomic mass is 9.97. The van der Waals surface area contributed by atoms with E-state index in [1.165, 1.54) is 24.6 Å². The van der Waals surface area contributed by atoms with E-state index in [2.05, 4.69) is 34.2 Å². The number of benzene rings is 1. The van der Waals surface area contributed by atoms with E-state index < -0.39 is 11.4 Å². The molecule has 1 aromatic carbocycles. The van der Waals surface area contributed by atoms with Gasteiger partial charge in [0.05, 0.1) is 16.8 Å². The highest BCUT2D eigenvalue weighted by molar-refractivity contribution is 6.31. The fourth-order valence-corrected chi connectivity index (χ4v) is 7.88. The van der Waals surface area contributed by atoms with Crippen molar-refractivity contribution in [3.05, 3.63) is 68.9 Å². The van der Waals surface area contributed by atoms with Crippen LogP contribution < -0.4 is 15.6 Å². The van der Waals surface area contributed by atoms with Gasteiger partial charge in [0, 0.05) is 85.6 Å². The van der Waals surface area contributed by atoms with Crippen molar-refractivity contribution in [3.63, 3.8) is 0 Å².